The molecule has 5 heteroatoms. The van der Waals surface area contributed by atoms with Crippen LogP contribution in [0.25, 0.3) is 0 Å². The summed E-state index contributed by atoms with van der Waals surface area (Å²) >= 11 is 0. The third kappa shape index (κ3) is 5.93. The zero-order chi connectivity index (χ0) is 16.5. The highest BCUT2D eigenvalue weighted by Crippen LogP contribution is 2.20. The Kier molecular flexibility index (Phi) is 7.74. The van der Waals surface area contributed by atoms with Gasteiger partial charge in [0.2, 0.25) is 0 Å². The Bertz CT molecular complexity index is 446. The van der Waals surface area contributed by atoms with Gasteiger partial charge in [-0.15, -0.1) is 0 Å². The van der Waals surface area contributed by atoms with Gasteiger partial charge in [0.25, 0.3) is 0 Å². The van der Waals surface area contributed by atoms with E-state index < -0.39 is 0 Å². The van der Waals surface area contributed by atoms with E-state index in [1.807, 2.05) is 59.1 Å². The fourth-order valence-electron chi connectivity index (χ4n) is 2.12. The van der Waals surface area contributed by atoms with Crippen molar-refractivity contribution in [2.24, 2.45) is 0 Å². The lowest BCUT2D eigenvalue weighted by atomic mass is 10.1. The zero-order valence-corrected chi connectivity index (χ0v) is 14.3. The lowest BCUT2D eigenvalue weighted by molar-refractivity contribution is 0.229. The molecular formula is C17H29N3O2. The van der Waals surface area contributed by atoms with Gasteiger partial charge < -0.3 is 20.3 Å². The minimum absolute atomic E-state index is 0.118. The first-order chi connectivity index (χ1) is 10.5. The minimum Gasteiger partial charge on any atom is -0.494 e. The van der Waals surface area contributed by atoms with E-state index in [2.05, 4.69) is 15.5 Å². The van der Waals surface area contributed by atoms with Crippen molar-refractivity contribution < 1.29 is 9.53 Å². The number of hydrogen-bond acceptors (Lipinski definition) is 3. The maximum Gasteiger partial charge on any atom is 0.315 e. The van der Waals surface area contributed by atoms with E-state index in [-0.39, 0.29) is 18.1 Å². The Morgan fingerprint density at radius 1 is 1.23 bits per heavy atom. The molecule has 0 aliphatic heterocycles. The summed E-state index contributed by atoms with van der Waals surface area (Å²) in [7, 11) is 4.02. The monoisotopic (exact) mass is 307 g/mol. The summed E-state index contributed by atoms with van der Waals surface area (Å²) in [5.41, 5.74) is 1.15. The first-order valence-corrected chi connectivity index (χ1v) is 7.91. The van der Waals surface area contributed by atoms with Crippen molar-refractivity contribution in [1.29, 1.82) is 0 Å². The molecule has 0 fully saturated rings. The molecule has 0 saturated heterocycles. The molecule has 1 aromatic carbocycles. The molecule has 5 nitrogen and oxygen atoms in total. The van der Waals surface area contributed by atoms with Crippen LogP contribution in [0.3, 0.4) is 0 Å². The maximum absolute atomic E-state index is 11.8. The highest BCUT2D eigenvalue weighted by Gasteiger charge is 2.15. The Labute approximate surface area is 134 Å². The van der Waals surface area contributed by atoms with E-state index in [9.17, 15) is 4.79 Å². The van der Waals surface area contributed by atoms with Crippen molar-refractivity contribution in [3.8, 4) is 5.75 Å². The zero-order valence-electron chi connectivity index (χ0n) is 14.3. The van der Waals surface area contributed by atoms with Crippen molar-refractivity contribution in [3.63, 3.8) is 0 Å². The third-order valence-corrected chi connectivity index (χ3v) is 3.65. The van der Waals surface area contributed by atoms with Gasteiger partial charge in [0.1, 0.15) is 5.75 Å². The van der Waals surface area contributed by atoms with Crippen LogP contribution in [0.1, 0.15) is 38.8 Å². The molecule has 1 aromatic rings. The Morgan fingerprint density at radius 3 is 2.36 bits per heavy atom. The minimum atomic E-state index is -0.118. The summed E-state index contributed by atoms with van der Waals surface area (Å²) in [6.07, 6.45) is 0.920. The number of rotatable bonds is 8. The summed E-state index contributed by atoms with van der Waals surface area (Å²) < 4.78 is 5.46. The van der Waals surface area contributed by atoms with E-state index >= 15 is 0 Å². The number of carbonyl (C=O) groups is 1. The first kappa shape index (κ1) is 18.3. The summed E-state index contributed by atoms with van der Waals surface area (Å²) in [6.45, 7) is 7.23. The molecule has 0 heterocycles. The van der Waals surface area contributed by atoms with Crippen LogP contribution < -0.4 is 15.4 Å². The number of hydrogen-bond donors (Lipinski definition) is 2. The Balaban J connectivity index is 2.63. The number of amides is 2. The van der Waals surface area contributed by atoms with Gasteiger partial charge in [-0.05, 0) is 52.1 Å². The highest BCUT2D eigenvalue weighted by molar-refractivity contribution is 5.74. The SMILES string of the molecule is CCOc1ccc(C(CNC(=O)NC(C)CC)N(C)C)cc1. The largest absolute Gasteiger partial charge is 0.494 e. The fourth-order valence-corrected chi connectivity index (χ4v) is 2.12. The number of carbonyl (C=O) groups excluding carboxylic acids is 1. The first-order valence-electron chi connectivity index (χ1n) is 7.91. The molecule has 0 spiro atoms. The third-order valence-electron chi connectivity index (χ3n) is 3.65. The maximum atomic E-state index is 11.8. The molecule has 22 heavy (non-hydrogen) atoms. The van der Waals surface area contributed by atoms with E-state index in [1.54, 1.807) is 0 Å². The standard InChI is InChI=1S/C17H29N3O2/c1-6-13(3)19-17(21)18-12-16(20(4)5)14-8-10-15(11-9-14)22-7-2/h8-11,13,16H,6-7,12H2,1-5H3,(H2,18,19,21). The number of nitrogens with zero attached hydrogens (tertiary/aromatic N) is 1. The van der Waals surface area contributed by atoms with Crippen molar-refractivity contribution in [2.75, 3.05) is 27.2 Å². The van der Waals surface area contributed by atoms with E-state index in [0.29, 0.717) is 13.2 Å². The second-order valence-electron chi connectivity index (χ2n) is 5.65. The molecule has 2 amide bonds. The molecule has 2 N–H and O–H groups in total. The number of benzene rings is 1. The molecule has 0 bridgehead atoms. The van der Waals surface area contributed by atoms with Crippen LogP contribution in [0.5, 0.6) is 5.75 Å². The van der Waals surface area contributed by atoms with Gasteiger partial charge in [-0.3, -0.25) is 0 Å². The fraction of sp³-hybridized carbons (Fsp3) is 0.588. The van der Waals surface area contributed by atoms with Crippen LogP contribution in [0.2, 0.25) is 0 Å². The van der Waals surface area contributed by atoms with Crippen molar-refractivity contribution in [1.82, 2.24) is 15.5 Å². The van der Waals surface area contributed by atoms with Crippen LogP contribution in [-0.2, 0) is 0 Å². The number of likely N-dealkylation sites (N-methyl/N-ethyl adjacent to an activating group) is 1. The second-order valence-corrected chi connectivity index (χ2v) is 5.65. The predicted octanol–water partition coefficient (Wildman–Crippen LogP) is 2.79. The van der Waals surface area contributed by atoms with Crippen LogP contribution in [0.15, 0.2) is 24.3 Å². The van der Waals surface area contributed by atoms with Crippen LogP contribution in [0, 0.1) is 0 Å². The molecular weight excluding hydrogens is 278 g/mol. The van der Waals surface area contributed by atoms with E-state index in [0.717, 1.165) is 17.7 Å². The van der Waals surface area contributed by atoms with Crippen LogP contribution >= 0.6 is 0 Å². The normalized spacial score (nSPS) is 13.5. The number of urea groups is 1. The van der Waals surface area contributed by atoms with Gasteiger partial charge in [-0.2, -0.15) is 0 Å². The van der Waals surface area contributed by atoms with Gasteiger partial charge in [0.05, 0.1) is 12.6 Å². The van der Waals surface area contributed by atoms with Crippen molar-refractivity contribution in [3.05, 3.63) is 29.8 Å². The molecule has 1 rings (SSSR count). The van der Waals surface area contributed by atoms with Crippen LogP contribution in [0.4, 0.5) is 4.79 Å². The van der Waals surface area contributed by atoms with Crippen molar-refractivity contribution in [2.45, 2.75) is 39.3 Å². The van der Waals surface area contributed by atoms with Gasteiger partial charge in [-0.25, -0.2) is 4.79 Å². The Hall–Kier alpha value is -1.75. The summed E-state index contributed by atoms with van der Waals surface area (Å²) in [6, 6.07) is 8.21. The summed E-state index contributed by atoms with van der Waals surface area (Å²) in [4.78, 5) is 13.9. The number of nitrogens with one attached hydrogen (secondary N) is 2. The van der Waals surface area contributed by atoms with Gasteiger partial charge in [0.15, 0.2) is 0 Å². The van der Waals surface area contributed by atoms with Gasteiger partial charge >= 0.3 is 6.03 Å². The van der Waals surface area contributed by atoms with E-state index in [1.165, 1.54) is 0 Å². The molecule has 2 unspecified atom stereocenters. The molecule has 0 aliphatic rings. The predicted molar refractivity (Wildman–Crippen MR) is 90.3 cm³/mol. The van der Waals surface area contributed by atoms with Gasteiger partial charge in [0, 0.05) is 12.6 Å². The van der Waals surface area contributed by atoms with Crippen LogP contribution in [-0.4, -0.2) is 44.2 Å². The molecule has 0 radical (unpaired) electrons. The summed E-state index contributed by atoms with van der Waals surface area (Å²) in [5.74, 6) is 0.867. The molecule has 0 aliphatic carbocycles. The quantitative estimate of drug-likeness (QED) is 0.776. The second kappa shape index (κ2) is 9.30. The average molecular weight is 307 g/mol. The topological polar surface area (TPSA) is 53.6 Å². The lowest BCUT2D eigenvalue weighted by Gasteiger charge is -2.25. The number of ether oxygens (including phenoxy) is 1. The van der Waals surface area contributed by atoms with Gasteiger partial charge in [-0.1, -0.05) is 19.1 Å². The highest BCUT2D eigenvalue weighted by atomic mass is 16.5. The molecule has 2 atom stereocenters. The molecule has 0 saturated carbocycles. The van der Waals surface area contributed by atoms with E-state index in [4.69, 9.17) is 4.74 Å². The smallest absolute Gasteiger partial charge is 0.315 e. The Morgan fingerprint density at radius 2 is 1.86 bits per heavy atom. The average Bonchev–Trinajstić information content (AvgIpc) is 2.48. The molecule has 0 aromatic heterocycles. The summed E-state index contributed by atoms with van der Waals surface area (Å²) in [5, 5.41) is 5.86. The molecule has 124 valence electrons. The lowest BCUT2D eigenvalue weighted by Crippen LogP contribution is -2.43. The van der Waals surface area contributed by atoms with Crippen molar-refractivity contribution >= 4 is 6.03 Å².